The van der Waals surface area contributed by atoms with E-state index in [0.29, 0.717) is 31.1 Å². The monoisotopic (exact) mass is 348 g/mol. The summed E-state index contributed by atoms with van der Waals surface area (Å²) in [5.74, 6) is 1.01. The summed E-state index contributed by atoms with van der Waals surface area (Å²) in [6.45, 7) is 6.45. The molecule has 8 heteroatoms. The van der Waals surface area contributed by atoms with Crippen molar-refractivity contribution in [1.29, 1.82) is 0 Å². The van der Waals surface area contributed by atoms with Crippen molar-refractivity contribution in [2.24, 2.45) is 11.8 Å². The molecule has 4 aliphatic heterocycles. The van der Waals surface area contributed by atoms with Crippen molar-refractivity contribution in [3.8, 4) is 0 Å². The van der Waals surface area contributed by atoms with Crippen LogP contribution in [0.1, 0.15) is 18.5 Å². The third kappa shape index (κ3) is 3.56. The van der Waals surface area contributed by atoms with Gasteiger partial charge in [0.15, 0.2) is 0 Å². The Hall–Kier alpha value is -1.51. The maximum Gasteiger partial charge on any atom is 0.227 e. The van der Waals surface area contributed by atoms with Crippen LogP contribution in [0.2, 0.25) is 0 Å². The summed E-state index contributed by atoms with van der Waals surface area (Å²) >= 11 is 0. The first-order valence-electron chi connectivity index (χ1n) is 9.39. The van der Waals surface area contributed by atoms with Gasteiger partial charge in [-0.25, -0.2) is 0 Å². The molecule has 0 saturated carbocycles. The lowest BCUT2D eigenvalue weighted by Crippen LogP contribution is -2.59. The highest BCUT2D eigenvalue weighted by Gasteiger charge is 2.44. The van der Waals surface area contributed by atoms with Gasteiger partial charge in [-0.2, -0.15) is 0 Å². The number of hydrogen-bond acceptors (Lipinski definition) is 6. The molecule has 4 fully saturated rings. The van der Waals surface area contributed by atoms with Crippen LogP contribution in [0, 0.1) is 11.8 Å². The summed E-state index contributed by atoms with van der Waals surface area (Å²) in [5, 5.41) is 11.5. The van der Waals surface area contributed by atoms with E-state index in [1.165, 1.54) is 0 Å². The Labute approximate surface area is 148 Å². The Morgan fingerprint density at radius 2 is 2.20 bits per heavy atom. The van der Waals surface area contributed by atoms with Crippen LogP contribution >= 0.6 is 0 Å². The normalized spacial score (nSPS) is 32.1. The smallest absolute Gasteiger partial charge is 0.227 e. The number of rotatable bonds is 5. The van der Waals surface area contributed by atoms with Crippen LogP contribution in [0.25, 0.3) is 0 Å². The molecule has 5 heterocycles. The molecule has 2 bridgehead atoms. The van der Waals surface area contributed by atoms with Crippen molar-refractivity contribution in [3.63, 3.8) is 0 Å². The minimum atomic E-state index is 0.165. The topological polar surface area (TPSA) is 75.5 Å². The minimum Gasteiger partial charge on any atom is -0.378 e. The van der Waals surface area contributed by atoms with Gasteiger partial charge in [0.2, 0.25) is 5.91 Å². The van der Waals surface area contributed by atoms with E-state index in [2.05, 4.69) is 20.5 Å². The van der Waals surface area contributed by atoms with E-state index in [1.807, 2.05) is 22.8 Å². The molecule has 4 aliphatic rings. The second kappa shape index (κ2) is 7.39. The van der Waals surface area contributed by atoms with Crippen LogP contribution in [0.15, 0.2) is 6.20 Å². The van der Waals surface area contributed by atoms with Crippen molar-refractivity contribution in [2.45, 2.75) is 32.0 Å². The third-order valence-corrected chi connectivity index (χ3v) is 5.86. The predicted octanol–water partition coefficient (Wildman–Crippen LogP) is -0.433. The maximum absolute atomic E-state index is 12.9. The third-order valence-electron chi connectivity index (χ3n) is 5.86. The molecule has 8 nitrogen and oxygen atoms in total. The van der Waals surface area contributed by atoms with E-state index in [-0.39, 0.29) is 5.92 Å². The first-order chi connectivity index (χ1) is 12.2. The number of carbonyl (C=O) groups excluding carboxylic acids is 1. The fraction of sp³-hybridized carbons (Fsp3) is 0.824. The summed E-state index contributed by atoms with van der Waals surface area (Å²) in [5.41, 5.74) is 0.971. The Morgan fingerprint density at radius 3 is 2.92 bits per heavy atom. The molecule has 5 rings (SSSR count). The molecular formula is C17H28N6O2. The number of ether oxygens (including phenoxy) is 1. The van der Waals surface area contributed by atoms with Crippen LogP contribution in [-0.2, 0) is 22.6 Å². The van der Waals surface area contributed by atoms with Crippen molar-refractivity contribution >= 4 is 5.91 Å². The predicted molar refractivity (Wildman–Crippen MR) is 91.8 cm³/mol. The van der Waals surface area contributed by atoms with Gasteiger partial charge in [-0.05, 0) is 32.4 Å². The summed E-state index contributed by atoms with van der Waals surface area (Å²) in [7, 11) is 1.91. The standard InChI is InChI=1S/C17H28N6O2/c1-18-9-14-10-23(20-19-14)11-15-8-13-2-3-22(15)12-16(13)17(24)21-4-6-25-7-5-21/h10,13,15-16,18H,2-9,11-12H2,1H3. The van der Waals surface area contributed by atoms with Crippen molar-refractivity contribution in [3.05, 3.63) is 11.9 Å². The quantitative estimate of drug-likeness (QED) is 0.778. The van der Waals surface area contributed by atoms with E-state index in [9.17, 15) is 4.79 Å². The molecule has 4 unspecified atom stereocenters. The molecule has 0 spiro atoms. The summed E-state index contributed by atoms with van der Waals surface area (Å²) in [6, 6.07) is 0.469. The van der Waals surface area contributed by atoms with Crippen LogP contribution in [0.4, 0.5) is 0 Å². The Kier molecular flexibility index (Phi) is 5.00. The van der Waals surface area contributed by atoms with Gasteiger partial charge in [0, 0.05) is 38.4 Å². The van der Waals surface area contributed by atoms with E-state index in [4.69, 9.17) is 4.74 Å². The lowest BCUT2D eigenvalue weighted by atomic mass is 9.75. The fourth-order valence-corrected chi connectivity index (χ4v) is 4.53. The Balaban J connectivity index is 1.37. The fourth-order valence-electron chi connectivity index (χ4n) is 4.53. The summed E-state index contributed by atoms with van der Waals surface area (Å²) in [4.78, 5) is 17.4. The van der Waals surface area contributed by atoms with Crippen molar-refractivity contribution < 1.29 is 9.53 Å². The molecule has 1 amide bonds. The number of carbonyl (C=O) groups is 1. The molecule has 0 aromatic carbocycles. The summed E-state index contributed by atoms with van der Waals surface area (Å²) in [6.07, 6.45) is 4.25. The number of piperidine rings is 3. The molecule has 0 aliphatic carbocycles. The molecule has 4 atom stereocenters. The molecule has 4 saturated heterocycles. The number of hydrogen-bond donors (Lipinski definition) is 1. The lowest BCUT2D eigenvalue weighted by molar-refractivity contribution is -0.148. The Bertz CT molecular complexity index is 600. The van der Waals surface area contributed by atoms with Crippen molar-refractivity contribution in [1.82, 2.24) is 30.1 Å². The number of nitrogens with zero attached hydrogens (tertiary/aromatic N) is 5. The zero-order valence-electron chi connectivity index (χ0n) is 14.9. The van der Waals surface area contributed by atoms with Crippen molar-refractivity contribution in [2.75, 3.05) is 46.4 Å². The number of nitrogens with one attached hydrogen (secondary N) is 1. The molecule has 0 radical (unpaired) electrons. The zero-order valence-corrected chi connectivity index (χ0v) is 14.9. The molecular weight excluding hydrogens is 320 g/mol. The van der Waals surface area contributed by atoms with Crippen LogP contribution in [0.5, 0.6) is 0 Å². The molecule has 1 N–H and O–H groups in total. The SMILES string of the molecule is CNCc1cn(CC2CC3CCN2CC3C(=O)N2CCOCC2)nn1. The molecule has 1 aromatic rings. The molecule has 25 heavy (non-hydrogen) atoms. The van der Waals surface area contributed by atoms with Crippen LogP contribution in [0.3, 0.4) is 0 Å². The highest BCUT2D eigenvalue weighted by Crippen LogP contribution is 2.37. The van der Waals surface area contributed by atoms with E-state index >= 15 is 0 Å². The second-order valence-corrected chi connectivity index (χ2v) is 7.44. The van der Waals surface area contributed by atoms with Gasteiger partial charge < -0.3 is 15.0 Å². The van der Waals surface area contributed by atoms with Gasteiger partial charge in [0.1, 0.15) is 0 Å². The number of amides is 1. The second-order valence-electron chi connectivity index (χ2n) is 7.44. The first-order valence-corrected chi connectivity index (χ1v) is 9.39. The van der Waals surface area contributed by atoms with Gasteiger partial charge in [-0.1, -0.05) is 5.21 Å². The summed E-state index contributed by atoms with van der Waals surface area (Å²) < 4.78 is 7.33. The highest BCUT2D eigenvalue weighted by molar-refractivity contribution is 5.79. The van der Waals surface area contributed by atoms with Gasteiger partial charge in [-0.15, -0.1) is 5.10 Å². The van der Waals surface area contributed by atoms with Crippen LogP contribution < -0.4 is 5.32 Å². The van der Waals surface area contributed by atoms with Gasteiger partial charge in [0.25, 0.3) is 0 Å². The van der Waals surface area contributed by atoms with Gasteiger partial charge in [0.05, 0.1) is 31.4 Å². The van der Waals surface area contributed by atoms with E-state index in [1.54, 1.807) is 0 Å². The lowest BCUT2D eigenvalue weighted by Gasteiger charge is -2.50. The van der Waals surface area contributed by atoms with Gasteiger partial charge in [-0.3, -0.25) is 14.4 Å². The van der Waals surface area contributed by atoms with E-state index < -0.39 is 0 Å². The average Bonchev–Trinajstić information content (AvgIpc) is 3.10. The average molecular weight is 348 g/mol. The first kappa shape index (κ1) is 16.9. The molecule has 138 valence electrons. The number of morpholine rings is 1. The molecule has 1 aromatic heterocycles. The largest absolute Gasteiger partial charge is 0.378 e. The van der Waals surface area contributed by atoms with E-state index in [0.717, 1.165) is 57.8 Å². The maximum atomic E-state index is 12.9. The number of aromatic nitrogens is 3. The minimum absolute atomic E-state index is 0.165. The highest BCUT2D eigenvalue weighted by atomic mass is 16.5. The van der Waals surface area contributed by atoms with Gasteiger partial charge >= 0.3 is 0 Å². The Morgan fingerprint density at radius 1 is 1.36 bits per heavy atom. The zero-order chi connectivity index (χ0) is 17.2. The number of fused-ring (bicyclic) bond motifs is 3. The van der Waals surface area contributed by atoms with Crippen LogP contribution in [-0.4, -0.2) is 83.2 Å².